The van der Waals surface area contributed by atoms with Gasteiger partial charge in [0.1, 0.15) is 11.7 Å². The molecule has 0 unspecified atom stereocenters. The van der Waals surface area contributed by atoms with E-state index in [4.69, 9.17) is 0 Å². The van der Waals surface area contributed by atoms with Crippen LogP contribution >= 0.6 is 0 Å². The average molecular weight is 517 g/mol. The summed E-state index contributed by atoms with van der Waals surface area (Å²) >= 11 is 0. The van der Waals surface area contributed by atoms with Crippen LogP contribution in [0.2, 0.25) is 0 Å². The van der Waals surface area contributed by atoms with Crippen LogP contribution in [0, 0.1) is 11.3 Å². The lowest BCUT2D eigenvalue weighted by molar-refractivity contribution is -0.137. The molecule has 2 saturated heterocycles. The third-order valence-electron chi connectivity index (χ3n) is 9.65. The van der Waals surface area contributed by atoms with Crippen molar-refractivity contribution in [3.63, 3.8) is 0 Å². The number of fused-ring (bicyclic) bond motifs is 1. The van der Waals surface area contributed by atoms with Gasteiger partial charge in [0, 0.05) is 37.8 Å². The van der Waals surface area contributed by atoms with Crippen molar-refractivity contribution in [1.29, 1.82) is 0 Å². The van der Waals surface area contributed by atoms with Crippen molar-refractivity contribution in [2.24, 2.45) is 11.3 Å². The lowest BCUT2D eigenvalue weighted by Gasteiger charge is -2.48. The summed E-state index contributed by atoms with van der Waals surface area (Å²) in [5.74, 6) is 0.401. The van der Waals surface area contributed by atoms with Crippen molar-refractivity contribution in [2.75, 3.05) is 31.1 Å². The first-order chi connectivity index (χ1) is 18.4. The fraction of sp³-hybridized carbons (Fsp3) is 0.586. The van der Waals surface area contributed by atoms with E-state index in [-0.39, 0.29) is 23.9 Å². The number of hydrogen-bond acceptors (Lipinski definition) is 6. The van der Waals surface area contributed by atoms with E-state index in [1.807, 2.05) is 17.0 Å². The normalized spacial score (nSPS) is 22.6. The maximum atomic E-state index is 13.3. The first-order valence-electron chi connectivity index (χ1n) is 14.2. The summed E-state index contributed by atoms with van der Waals surface area (Å²) in [6.07, 6.45) is 12.8. The molecule has 4 heterocycles. The van der Waals surface area contributed by atoms with Crippen LogP contribution in [0.5, 0.6) is 0 Å². The fourth-order valence-electron chi connectivity index (χ4n) is 6.68. The Morgan fingerprint density at radius 2 is 1.63 bits per heavy atom. The van der Waals surface area contributed by atoms with Crippen LogP contribution < -0.4 is 10.5 Å². The van der Waals surface area contributed by atoms with Crippen LogP contribution in [-0.2, 0) is 11.3 Å². The van der Waals surface area contributed by atoms with E-state index >= 15 is 0 Å². The molecule has 9 nitrogen and oxygen atoms in total. The van der Waals surface area contributed by atoms with Gasteiger partial charge in [0.2, 0.25) is 5.91 Å². The maximum absolute atomic E-state index is 13.3. The number of piperidine rings is 2. The van der Waals surface area contributed by atoms with Gasteiger partial charge in [-0.25, -0.2) is 9.67 Å². The highest BCUT2D eigenvalue weighted by atomic mass is 16.3. The van der Waals surface area contributed by atoms with Crippen molar-refractivity contribution < 1.29 is 9.90 Å². The van der Waals surface area contributed by atoms with E-state index in [0.29, 0.717) is 42.4 Å². The van der Waals surface area contributed by atoms with E-state index in [2.05, 4.69) is 27.1 Å². The second-order valence-electron chi connectivity index (χ2n) is 12.2. The topological polar surface area (TPSA) is 96.5 Å². The lowest BCUT2D eigenvalue weighted by atomic mass is 9.63. The molecule has 2 aromatic heterocycles. The molecule has 0 atom stereocenters. The Morgan fingerprint density at radius 3 is 2.26 bits per heavy atom. The summed E-state index contributed by atoms with van der Waals surface area (Å²) in [4.78, 5) is 34.6. The molecule has 7 rings (SSSR count). The molecule has 1 aromatic carbocycles. The van der Waals surface area contributed by atoms with Gasteiger partial charge in [0.05, 0.1) is 24.0 Å². The number of amides is 1. The molecule has 2 aliphatic heterocycles. The van der Waals surface area contributed by atoms with Gasteiger partial charge in [0.25, 0.3) is 5.56 Å². The molecule has 0 radical (unpaired) electrons. The van der Waals surface area contributed by atoms with Crippen LogP contribution in [0.25, 0.3) is 16.7 Å². The van der Waals surface area contributed by atoms with Crippen molar-refractivity contribution in [3.05, 3.63) is 47.1 Å². The summed E-state index contributed by atoms with van der Waals surface area (Å²) in [5, 5.41) is 16.1. The Bertz CT molecular complexity index is 1400. The molecule has 200 valence electrons. The number of aromatic nitrogens is 4. The zero-order valence-corrected chi connectivity index (χ0v) is 21.9. The number of carbonyl (C=O) groups excluding carboxylic acids is 1. The average Bonchev–Trinajstić information content (AvgIpc) is 3.68. The molecule has 0 bridgehead atoms. The van der Waals surface area contributed by atoms with Crippen LogP contribution in [0.15, 0.2) is 41.6 Å². The van der Waals surface area contributed by atoms with Gasteiger partial charge in [-0.05, 0) is 81.0 Å². The molecule has 4 aliphatic rings. The van der Waals surface area contributed by atoms with E-state index < -0.39 is 5.60 Å². The predicted molar refractivity (Wildman–Crippen MR) is 144 cm³/mol. The minimum atomic E-state index is -1.03. The largest absolute Gasteiger partial charge is 0.388 e. The third kappa shape index (κ3) is 4.21. The van der Waals surface area contributed by atoms with Crippen LogP contribution in [-0.4, -0.2) is 67.0 Å². The number of rotatable bonds is 5. The second kappa shape index (κ2) is 8.93. The Morgan fingerprint density at radius 1 is 0.947 bits per heavy atom. The van der Waals surface area contributed by atoms with Crippen molar-refractivity contribution in [3.8, 4) is 5.69 Å². The van der Waals surface area contributed by atoms with E-state index in [0.717, 1.165) is 31.6 Å². The number of nitrogens with zero attached hydrogens (tertiary/aromatic N) is 6. The van der Waals surface area contributed by atoms with Gasteiger partial charge in [-0.2, -0.15) is 5.10 Å². The predicted octanol–water partition coefficient (Wildman–Crippen LogP) is 3.12. The van der Waals surface area contributed by atoms with E-state index in [1.165, 1.54) is 48.7 Å². The zero-order valence-electron chi connectivity index (χ0n) is 21.9. The lowest BCUT2D eigenvalue weighted by Crippen LogP contribution is -2.50. The van der Waals surface area contributed by atoms with Gasteiger partial charge in [-0.15, -0.1) is 0 Å². The summed E-state index contributed by atoms with van der Waals surface area (Å²) in [7, 11) is 0. The molecule has 9 heteroatoms. The summed E-state index contributed by atoms with van der Waals surface area (Å²) in [6, 6.07) is 8.36. The SMILES string of the molecule is O=C(C1CC1)N1CCC(O)(Cn2cnc3c(cnn3-c3ccc(N4CCC5(CCC5)CC4)cc3)c2=O)CC1. The number of anilines is 1. The van der Waals surface area contributed by atoms with Gasteiger partial charge in [0.15, 0.2) is 5.65 Å². The first-order valence-corrected chi connectivity index (χ1v) is 14.2. The minimum absolute atomic E-state index is 0.164. The molecule has 1 spiro atoms. The highest BCUT2D eigenvalue weighted by Gasteiger charge is 2.40. The number of aliphatic hydroxyl groups is 1. The Balaban J connectivity index is 1.05. The zero-order chi connectivity index (χ0) is 25.9. The highest BCUT2D eigenvalue weighted by molar-refractivity contribution is 5.81. The van der Waals surface area contributed by atoms with Crippen molar-refractivity contribution >= 4 is 22.6 Å². The highest BCUT2D eigenvalue weighted by Crippen LogP contribution is 2.49. The van der Waals surface area contributed by atoms with Crippen LogP contribution in [0.4, 0.5) is 5.69 Å². The summed E-state index contributed by atoms with van der Waals surface area (Å²) in [6.45, 7) is 3.46. The molecule has 2 saturated carbocycles. The second-order valence-corrected chi connectivity index (χ2v) is 12.2. The number of carbonyl (C=O) groups is 1. The molecule has 1 amide bonds. The van der Waals surface area contributed by atoms with Gasteiger partial charge in [-0.1, -0.05) is 6.42 Å². The molecule has 3 aromatic rings. The molecular weight excluding hydrogens is 480 g/mol. The molecule has 2 aliphatic carbocycles. The van der Waals surface area contributed by atoms with E-state index in [9.17, 15) is 14.7 Å². The number of benzene rings is 1. The first kappa shape index (κ1) is 23.9. The van der Waals surface area contributed by atoms with Gasteiger partial charge < -0.3 is 14.9 Å². The van der Waals surface area contributed by atoms with Crippen LogP contribution in [0.3, 0.4) is 0 Å². The van der Waals surface area contributed by atoms with Gasteiger partial charge >= 0.3 is 0 Å². The van der Waals surface area contributed by atoms with Gasteiger partial charge in [-0.3, -0.25) is 14.2 Å². The monoisotopic (exact) mass is 516 g/mol. The maximum Gasteiger partial charge on any atom is 0.264 e. The number of likely N-dealkylation sites (tertiary alicyclic amines) is 1. The van der Waals surface area contributed by atoms with Crippen molar-refractivity contribution in [1.82, 2.24) is 24.2 Å². The summed E-state index contributed by atoms with van der Waals surface area (Å²) < 4.78 is 3.20. The smallest absolute Gasteiger partial charge is 0.264 e. The van der Waals surface area contributed by atoms with E-state index in [1.54, 1.807) is 10.9 Å². The Labute approximate surface area is 222 Å². The van der Waals surface area contributed by atoms with Crippen LogP contribution in [0.1, 0.15) is 57.8 Å². The quantitative estimate of drug-likeness (QED) is 0.560. The minimum Gasteiger partial charge on any atom is -0.388 e. The molecule has 38 heavy (non-hydrogen) atoms. The Hall–Kier alpha value is -3.20. The fourth-order valence-corrected chi connectivity index (χ4v) is 6.68. The Kier molecular flexibility index (Phi) is 5.61. The molecule has 1 N–H and O–H groups in total. The summed E-state index contributed by atoms with van der Waals surface area (Å²) in [5.41, 5.74) is 2.00. The standard InChI is InChI=1S/C29H36N6O3/c36-26(21-2-3-21)33-16-12-29(38,13-17-33)19-34-20-30-25-24(27(34)37)18-31-35(25)23-6-4-22(5-7-23)32-14-10-28(11-15-32)8-1-9-28/h4-7,18,20-21,38H,1-3,8-17,19H2. The number of hydrogen-bond donors (Lipinski definition) is 1. The molecular formula is C29H36N6O3. The van der Waals surface area contributed by atoms with Crippen molar-refractivity contribution in [2.45, 2.75) is 69.9 Å². The molecule has 4 fully saturated rings. The third-order valence-corrected chi connectivity index (χ3v) is 9.65.